The standard InChI is InChI=1S/C23H23F2N3O3S/c1-14-4-2-5-16(10-14)26-23-28(13-17-6-3-9-31-17)22(30)20(32-23)12-21(29)27-19-8-7-15(24)11-18(19)25/h2,4-5,7-8,10-11,17,20H,3,6,9,12-13H2,1H3,(H,27,29). The van der Waals surface area contributed by atoms with E-state index in [-0.39, 0.29) is 24.1 Å². The van der Waals surface area contributed by atoms with Crippen LogP contribution in [0.2, 0.25) is 0 Å². The summed E-state index contributed by atoms with van der Waals surface area (Å²) in [6.07, 6.45) is 1.58. The van der Waals surface area contributed by atoms with E-state index in [1.165, 1.54) is 11.8 Å². The predicted molar refractivity (Wildman–Crippen MR) is 120 cm³/mol. The lowest BCUT2D eigenvalue weighted by molar-refractivity contribution is -0.129. The fraction of sp³-hybridized carbons (Fsp3) is 0.348. The van der Waals surface area contributed by atoms with E-state index >= 15 is 0 Å². The van der Waals surface area contributed by atoms with Crippen molar-refractivity contribution in [3.8, 4) is 0 Å². The van der Waals surface area contributed by atoms with Crippen molar-refractivity contribution in [2.24, 2.45) is 4.99 Å². The van der Waals surface area contributed by atoms with Crippen molar-refractivity contribution in [3.05, 3.63) is 59.7 Å². The molecule has 2 saturated heterocycles. The topological polar surface area (TPSA) is 71.0 Å². The fourth-order valence-corrected chi connectivity index (χ4v) is 4.82. The average Bonchev–Trinajstić information content (AvgIpc) is 3.35. The van der Waals surface area contributed by atoms with Gasteiger partial charge in [-0.2, -0.15) is 0 Å². The van der Waals surface area contributed by atoms with Crippen molar-refractivity contribution in [3.63, 3.8) is 0 Å². The summed E-state index contributed by atoms with van der Waals surface area (Å²) < 4.78 is 32.6. The van der Waals surface area contributed by atoms with Gasteiger partial charge in [0.05, 0.1) is 24.0 Å². The van der Waals surface area contributed by atoms with Crippen LogP contribution in [0.5, 0.6) is 0 Å². The van der Waals surface area contributed by atoms with Gasteiger partial charge in [0.15, 0.2) is 5.17 Å². The summed E-state index contributed by atoms with van der Waals surface area (Å²) in [5.74, 6) is -2.36. The third kappa shape index (κ3) is 5.34. The molecule has 9 heteroatoms. The van der Waals surface area contributed by atoms with Gasteiger partial charge in [0.1, 0.15) is 16.9 Å². The van der Waals surface area contributed by atoms with Crippen molar-refractivity contribution in [1.29, 1.82) is 0 Å². The molecule has 2 atom stereocenters. The Labute approximate surface area is 189 Å². The van der Waals surface area contributed by atoms with Gasteiger partial charge in [0.2, 0.25) is 11.8 Å². The minimum absolute atomic E-state index is 0.0665. The zero-order valence-electron chi connectivity index (χ0n) is 17.5. The van der Waals surface area contributed by atoms with Gasteiger partial charge in [-0.3, -0.25) is 14.5 Å². The number of nitrogens with one attached hydrogen (secondary N) is 1. The molecule has 1 N–H and O–H groups in total. The van der Waals surface area contributed by atoms with Crippen molar-refractivity contribution in [2.45, 2.75) is 37.5 Å². The Morgan fingerprint density at radius 3 is 2.84 bits per heavy atom. The van der Waals surface area contributed by atoms with E-state index in [1.54, 1.807) is 4.90 Å². The number of anilines is 1. The minimum atomic E-state index is -0.870. The second-order valence-corrected chi connectivity index (χ2v) is 8.97. The molecule has 6 nitrogen and oxygen atoms in total. The number of hydrogen-bond acceptors (Lipinski definition) is 5. The first-order chi connectivity index (χ1) is 15.4. The number of thioether (sulfide) groups is 1. The molecule has 0 aliphatic carbocycles. The molecule has 168 valence electrons. The van der Waals surface area contributed by atoms with Crippen molar-refractivity contribution in [1.82, 2.24) is 4.90 Å². The molecule has 4 rings (SSSR count). The number of benzene rings is 2. The molecule has 2 aliphatic heterocycles. The van der Waals surface area contributed by atoms with E-state index in [1.807, 2.05) is 31.2 Å². The summed E-state index contributed by atoms with van der Waals surface area (Å²) in [5.41, 5.74) is 1.64. The van der Waals surface area contributed by atoms with E-state index in [0.717, 1.165) is 36.2 Å². The van der Waals surface area contributed by atoms with Crippen LogP contribution in [0, 0.1) is 18.6 Å². The van der Waals surface area contributed by atoms with Crippen LogP contribution in [0.3, 0.4) is 0 Å². The van der Waals surface area contributed by atoms with Gasteiger partial charge in [-0.15, -0.1) is 0 Å². The Balaban J connectivity index is 1.50. The van der Waals surface area contributed by atoms with Crippen LogP contribution in [-0.2, 0) is 14.3 Å². The lowest BCUT2D eigenvalue weighted by atomic mass is 10.2. The highest BCUT2D eigenvalue weighted by atomic mass is 32.2. The number of rotatable bonds is 6. The number of aliphatic imine (C=N–C) groups is 1. The van der Waals surface area contributed by atoms with Crippen LogP contribution in [0.15, 0.2) is 47.5 Å². The number of hydrogen-bond donors (Lipinski definition) is 1. The molecule has 0 radical (unpaired) electrons. The molecule has 2 amide bonds. The number of amidine groups is 1. The molecule has 2 heterocycles. The second-order valence-electron chi connectivity index (χ2n) is 7.80. The lowest BCUT2D eigenvalue weighted by Crippen LogP contribution is -2.38. The molecule has 0 aromatic heterocycles. The number of aryl methyl sites for hydroxylation is 1. The van der Waals surface area contributed by atoms with Crippen LogP contribution in [0.4, 0.5) is 20.2 Å². The van der Waals surface area contributed by atoms with Gasteiger partial charge in [-0.25, -0.2) is 13.8 Å². The van der Waals surface area contributed by atoms with Gasteiger partial charge in [0.25, 0.3) is 0 Å². The second kappa shape index (κ2) is 9.79. The molecule has 2 unspecified atom stereocenters. The highest BCUT2D eigenvalue weighted by Crippen LogP contribution is 2.33. The summed E-state index contributed by atoms with van der Waals surface area (Å²) in [6.45, 7) is 3.00. The first-order valence-corrected chi connectivity index (χ1v) is 11.3. The van der Waals surface area contributed by atoms with Crippen molar-refractivity contribution >= 4 is 40.1 Å². The largest absolute Gasteiger partial charge is 0.376 e. The Morgan fingerprint density at radius 2 is 2.12 bits per heavy atom. The summed E-state index contributed by atoms with van der Waals surface area (Å²) in [4.78, 5) is 31.9. The lowest BCUT2D eigenvalue weighted by Gasteiger charge is -2.20. The highest BCUT2D eigenvalue weighted by Gasteiger charge is 2.40. The summed E-state index contributed by atoms with van der Waals surface area (Å²) >= 11 is 1.21. The number of carbonyl (C=O) groups is 2. The number of carbonyl (C=O) groups excluding carboxylic acids is 2. The number of amides is 2. The minimum Gasteiger partial charge on any atom is -0.376 e. The summed E-state index contributed by atoms with van der Waals surface area (Å²) in [7, 11) is 0. The SMILES string of the molecule is Cc1cccc(N=C2SC(CC(=O)Nc3ccc(F)cc3F)C(=O)N2CC2CCCO2)c1. The van der Waals surface area contributed by atoms with Gasteiger partial charge in [0, 0.05) is 19.1 Å². The Hall–Kier alpha value is -2.78. The monoisotopic (exact) mass is 459 g/mol. The van der Waals surface area contributed by atoms with Gasteiger partial charge in [-0.05, 0) is 49.6 Å². The van der Waals surface area contributed by atoms with E-state index < -0.39 is 22.8 Å². The maximum Gasteiger partial charge on any atom is 0.242 e. The van der Waals surface area contributed by atoms with Crippen molar-refractivity contribution < 1.29 is 23.1 Å². The molecule has 2 aliphatic rings. The number of ether oxygens (including phenoxy) is 1. The van der Waals surface area contributed by atoms with E-state index in [9.17, 15) is 18.4 Å². The number of nitrogens with zero attached hydrogens (tertiary/aromatic N) is 2. The predicted octanol–water partition coefficient (Wildman–Crippen LogP) is 4.41. The molecule has 0 bridgehead atoms. The summed E-state index contributed by atoms with van der Waals surface area (Å²) in [5, 5.41) is 2.24. The Bertz CT molecular complexity index is 1060. The smallest absolute Gasteiger partial charge is 0.242 e. The molecular weight excluding hydrogens is 436 g/mol. The maximum absolute atomic E-state index is 13.9. The van der Waals surface area contributed by atoms with E-state index in [0.29, 0.717) is 24.4 Å². The molecule has 2 aromatic carbocycles. The van der Waals surface area contributed by atoms with Gasteiger partial charge >= 0.3 is 0 Å². The first kappa shape index (κ1) is 22.4. The quantitative estimate of drug-likeness (QED) is 0.695. The van der Waals surface area contributed by atoms with Crippen LogP contribution in [-0.4, -0.2) is 46.4 Å². The molecule has 0 spiro atoms. The third-order valence-corrected chi connectivity index (χ3v) is 6.41. The zero-order chi connectivity index (χ0) is 22.7. The maximum atomic E-state index is 13.9. The third-order valence-electron chi connectivity index (χ3n) is 5.23. The van der Waals surface area contributed by atoms with Gasteiger partial charge < -0.3 is 10.1 Å². The van der Waals surface area contributed by atoms with E-state index in [4.69, 9.17) is 4.74 Å². The fourth-order valence-electron chi connectivity index (χ4n) is 3.65. The normalized spacial score (nSPS) is 22.0. The molecule has 32 heavy (non-hydrogen) atoms. The first-order valence-electron chi connectivity index (χ1n) is 10.4. The van der Waals surface area contributed by atoms with Crippen molar-refractivity contribution in [2.75, 3.05) is 18.5 Å². The average molecular weight is 460 g/mol. The Morgan fingerprint density at radius 1 is 1.28 bits per heavy atom. The summed E-state index contributed by atoms with van der Waals surface area (Å²) in [6, 6.07) is 10.5. The molecule has 0 saturated carbocycles. The van der Waals surface area contributed by atoms with Crippen LogP contribution in [0.1, 0.15) is 24.8 Å². The van der Waals surface area contributed by atoms with Gasteiger partial charge in [-0.1, -0.05) is 23.9 Å². The zero-order valence-corrected chi connectivity index (χ0v) is 18.3. The molecule has 2 aromatic rings. The van der Waals surface area contributed by atoms with E-state index in [2.05, 4.69) is 10.3 Å². The van der Waals surface area contributed by atoms with Crippen LogP contribution in [0.25, 0.3) is 0 Å². The molecule has 2 fully saturated rings. The van der Waals surface area contributed by atoms with Crippen LogP contribution < -0.4 is 5.32 Å². The Kier molecular flexibility index (Phi) is 6.86. The van der Waals surface area contributed by atoms with Crippen LogP contribution >= 0.6 is 11.8 Å². The highest BCUT2D eigenvalue weighted by molar-refractivity contribution is 8.15. The number of halogens is 2. The molecular formula is C23H23F2N3O3S.